The van der Waals surface area contributed by atoms with Gasteiger partial charge in [-0.15, -0.1) is 5.11 Å². The second-order valence-corrected chi connectivity index (χ2v) is 10.5. The summed E-state index contributed by atoms with van der Waals surface area (Å²) in [5.41, 5.74) is 3.76. The van der Waals surface area contributed by atoms with E-state index in [-0.39, 0.29) is 22.8 Å². The summed E-state index contributed by atoms with van der Waals surface area (Å²) >= 11 is 2.13. The average Bonchev–Trinajstić information content (AvgIpc) is 2.96. The quantitative estimate of drug-likeness (QED) is 0.0975. The summed E-state index contributed by atoms with van der Waals surface area (Å²) < 4.78 is 0.947. The minimum absolute atomic E-state index is 0.0820. The molecule has 0 aliphatic carbocycles. The highest BCUT2D eigenvalue weighted by atomic mass is 127. The zero-order valence-corrected chi connectivity index (χ0v) is 23.9. The minimum atomic E-state index is -0.649. The van der Waals surface area contributed by atoms with E-state index in [1.54, 1.807) is 78.9 Å². The number of benzene rings is 5. The van der Waals surface area contributed by atoms with Gasteiger partial charge in [0.05, 0.1) is 5.69 Å². The van der Waals surface area contributed by atoms with Gasteiger partial charge in [0.1, 0.15) is 11.4 Å². The molecule has 0 radical (unpaired) electrons. The van der Waals surface area contributed by atoms with E-state index in [2.05, 4.69) is 43.5 Å². The average molecular weight is 654 g/mol. The fourth-order valence-electron chi connectivity index (χ4n) is 4.11. The van der Waals surface area contributed by atoms with Crippen molar-refractivity contribution in [2.24, 2.45) is 10.2 Å². The monoisotopic (exact) mass is 654 g/mol. The molecule has 3 N–H and O–H groups in total. The molecular weight excluding hydrogens is 631 g/mol. The lowest BCUT2D eigenvalue weighted by molar-refractivity contribution is 0.0966. The van der Waals surface area contributed by atoms with Gasteiger partial charge in [-0.05, 0) is 95.6 Å². The maximum atomic E-state index is 12.7. The molecule has 0 aromatic heterocycles. The van der Waals surface area contributed by atoms with Crippen molar-refractivity contribution in [2.45, 2.75) is 6.92 Å². The third-order valence-corrected chi connectivity index (χ3v) is 6.92. The first-order valence-corrected chi connectivity index (χ1v) is 13.6. The molecule has 0 aliphatic rings. The van der Waals surface area contributed by atoms with E-state index in [9.17, 15) is 19.5 Å². The van der Waals surface area contributed by atoms with E-state index in [0.29, 0.717) is 33.3 Å². The number of hydrogen-bond acceptors (Lipinski definition) is 6. The van der Waals surface area contributed by atoms with Crippen molar-refractivity contribution >= 4 is 68.1 Å². The van der Waals surface area contributed by atoms with Crippen LogP contribution in [0.5, 0.6) is 5.75 Å². The van der Waals surface area contributed by atoms with E-state index in [4.69, 9.17) is 0 Å². The summed E-state index contributed by atoms with van der Waals surface area (Å²) in [7, 11) is 0. The molecule has 202 valence electrons. The van der Waals surface area contributed by atoms with Crippen LogP contribution in [-0.2, 0) is 0 Å². The SMILES string of the molecule is Cc1ccc(C(=O)c2ccc(N=Nc3c(O)ccc4cc(C(=O)NC(=O)Nc5cccc(I)c5)ccc34)cc2)cc1. The van der Waals surface area contributed by atoms with Crippen molar-refractivity contribution in [1.82, 2.24) is 5.32 Å². The number of imide groups is 1. The summed E-state index contributed by atoms with van der Waals surface area (Å²) in [4.78, 5) is 37.7. The Morgan fingerprint density at radius 3 is 2.15 bits per heavy atom. The number of phenols is 1. The Morgan fingerprint density at radius 2 is 1.44 bits per heavy atom. The van der Waals surface area contributed by atoms with Crippen LogP contribution in [0.15, 0.2) is 113 Å². The van der Waals surface area contributed by atoms with Gasteiger partial charge in [0.25, 0.3) is 5.91 Å². The zero-order valence-electron chi connectivity index (χ0n) is 21.8. The summed E-state index contributed by atoms with van der Waals surface area (Å²) in [6.45, 7) is 1.96. The number of azo groups is 1. The molecule has 0 saturated heterocycles. The molecule has 0 fully saturated rings. The van der Waals surface area contributed by atoms with Crippen LogP contribution in [0.2, 0.25) is 0 Å². The number of nitrogens with zero attached hydrogens (tertiary/aromatic N) is 2. The molecule has 0 unspecified atom stereocenters. The van der Waals surface area contributed by atoms with Gasteiger partial charge < -0.3 is 10.4 Å². The van der Waals surface area contributed by atoms with Gasteiger partial charge in [0.2, 0.25) is 0 Å². The molecule has 0 saturated carbocycles. The topological polar surface area (TPSA) is 120 Å². The van der Waals surface area contributed by atoms with Gasteiger partial charge in [-0.25, -0.2) is 4.79 Å². The van der Waals surface area contributed by atoms with Crippen molar-refractivity contribution in [3.05, 3.63) is 129 Å². The number of fused-ring (bicyclic) bond motifs is 1. The summed E-state index contributed by atoms with van der Waals surface area (Å²) in [5.74, 6) is -0.750. The number of aromatic hydroxyl groups is 1. The lowest BCUT2D eigenvalue weighted by Crippen LogP contribution is -2.34. The highest BCUT2D eigenvalue weighted by Gasteiger charge is 2.14. The van der Waals surface area contributed by atoms with E-state index < -0.39 is 11.9 Å². The molecular formula is C32H23IN4O4. The molecule has 0 spiro atoms. The van der Waals surface area contributed by atoms with Crippen LogP contribution in [0, 0.1) is 10.5 Å². The standard InChI is InChI=1S/C32H23IN4O4/c1-19-5-7-20(8-6-19)30(39)21-9-13-25(14-10-21)36-37-29-27-15-11-23(17-22(27)12-16-28(29)38)31(40)35-32(41)34-26-4-2-3-24(33)18-26/h2-18,38H,1H3,(H2,34,35,40,41). The van der Waals surface area contributed by atoms with Crippen molar-refractivity contribution in [2.75, 3.05) is 5.32 Å². The van der Waals surface area contributed by atoms with E-state index in [0.717, 1.165) is 9.13 Å². The van der Waals surface area contributed by atoms with Crippen molar-refractivity contribution in [3.8, 4) is 5.75 Å². The highest BCUT2D eigenvalue weighted by Crippen LogP contribution is 2.36. The highest BCUT2D eigenvalue weighted by molar-refractivity contribution is 14.1. The Kier molecular flexibility index (Phi) is 8.16. The molecule has 0 atom stereocenters. The molecule has 41 heavy (non-hydrogen) atoms. The van der Waals surface area contributed by atoms with Gasteiger partial charge in [0, 0.05) is 31.3 Å². The van der Waals surface area contributed by atoms with E-state index in [1.165, 1.54) is 6.07 Å². The van der Waals surface area contributed by atoms with Gasteiger partial charge in [-0.2, -0.15) is 5.11 Å². The third-order valence-electron chi connectivity index (χ3n) is 6.25. The van der Waals surface area contributed by atoms with E-state index >= 15 is 0 Å². The first kappa shape index (κ1) is 27.7. The normalized spacial score (nSPS) is 11.0. The number of ketones is 1. The van der Waals surface area contributed by atoms with Crippen LogP contribution < -0.4 is 10.6 Å². The lowest BCUT2D eigenvalue weighted by atomic mass is 10.0. The Morgan fingerprint density at radius 1 is 0.756 bits per heavy atom. The molecule has 9 heteroatoms. The van der Waals surface area contributed by atoms with Crippen molar-refractivity contribution < 1.29 is 19.5 Å². The number of halogens is 1. The van der Waals surface area contributed by atoms with Crippen LogP contribution in [0.25, 0.3) is 10.8 Å². The summed E-state index contributed by atoms with van der Waals surface area (Å²) in [6, 6.07) is 28.5. The fourth-order valence-corrected chi connectivity index (χ4v) is 4.65. The summed E-state index contributed by atoms with van der Waals surface area (Å²) in [5, 5.41) is 25.1. The number of rotatable bonds is 6. The number of hydrogen-bond donors (Lipinski definition) is 3. The van der Waals surface area contributed by atoms with E-state index in [1.807, 2.05) is 25.1 Å². The third kappa shape index (κ3) is 6.64. The zero-order chi connectivity index (χ0) is 28.9. The van der Waals surface area contributed by atoms with Gasteiger partial charge >= 0.3 is 6.03 Å². The Balaban J connectivity index is 1.31. The largest absolute Gasteiger partial charge is 0.506 e. The van der Waals surface area contributed by atoms with Crippen LogP contribution in [0.1, 0.15) is 31.8 Å². The molecule has 8 nitrogen and oxygen atoms in total. The number of urea groups is 1. The number of amides is 3. The lowest BCUT2D eigenvalue weighted by Gasteiger charge is -2.09. The molecule has 0 bridgehead atoms. The Bertz CT molecular complexity index is 1820. The number of phenolic OH excluding ortho intramolecular Hbond substituents is 1. The minimum Gasteiger partial charge on any atom is -0.506 e. The number of nitrogens with one attached hydrogen (secondary N) is 2. The smallest absolute Gasteiger partial charge is 0.326 e. The second kappa shape index (κ2) is 12.1. The number of carbonyl (C=O) groups is 3. The maximum Gasteiger partial charge on any atom is 0.326 e. The van der Waals surface area contributed by atoms with Crippen LogP contribution in [0.3, 0.4) is 0 Å². The second-order valence-electron chi connectivity index (χ2n) is 9.23. The summed E-state index contributed by atoms with van der Waals surface area (Å²) in [6.07, 6.45) is 0. The van der Waals surface area contributed by atoms with Gasteiger partial charge in [0.15, 0.2) is 5.78 Å². The van der Waals surface area contributed by atoms with Crippen LogP contribution in [-0.4, -0.2) is 22.8 Å². The first-order chi connectivity index (χ1) is 19.8. The molecule has 5 aromatic carbocycles. The Labute approximate surface area is 249 Å². The maximum absolute atomic E-state index is 12.7. The molecule has 5 aromatic rings. The van der Waals surface area contributed by atoms with Gasteiger partial charge in [-0.3, -0.25) is 14.9 Å². The number of carbonyl (C=O) groups excluding carboxylic acids is 3. The fraction of sp³-hybridized carbons (Fsp3) is 0.0312. The molecule has 5 rings (SSSR count). The number of anilines is 1. The van der Waals surface area contributed by atoms with Gasteiger partial charge in [-0.1, -0.05) is 48.0 Å². The van der Waals surface area contributed by atoms with Crippen LogP contribution in [0.4, 0.5) is 21.9 Å². The van der Waals surface area contributed by atoms with Crippen LogP contribution >= 0.6 is 22.6 Å². The predicted octanol–water partition coefficient (Wildman–Crippen LogP) is 8.07. The number of aryl methyl sites for hydroxylation is 1. The molecule has 0 aliphatic heterocycles. The predicted molar refractivity (Wildman–Crippen MR) is 166 cm³/mol. The van der Waals surface area contributed by atoms with Crippen molar-refractivity contribution in [3.63, 3.8) is 0 Å². The van der Waals surface area contributed by atoms with Crippen molar-refractivity contribution in [1.29, 1.82) is 0 Å². The molecule has 3 amide bonds. The first-order valence-electron chi connectivity index (χ1n) is 12.5. The Hall–Kier alpha value is -4.90. The molecule has 0 heterocycles.